The molecule has 3 heterocycles. The van der Waals surface area contributed by atoms with Crippen LogP contribution in [0.4, 0.5) is 26.1 Å². The molecule has 0 bridgehead atoms. The number of carbonyl (C=O) groups excluding carboxylic acids is 4. The van der Waals surface area contributed by atoms with Crippen molar-refractivity contribution in [2.75, 3.05) is 30.8 Å². The Bertz CT molecular complexity index is 2820. The number of aliphatic imine (C=N–C) groups is 1. The number of aromatic nitrogens is 5. The first-order valence-corrected chi connectivity index (χ1v) is 24.3. The first-order chi connectivity index (χ1) is 34.5. The summed E-state index contributed by atoms with van der Waals surface area (Å²) in [5.74, 6) is -1.51. The second-order valence-electron chi connectivity index (χ2n) is 17.6. The van der Waals surface area contributed by atoms with Gasteiger partial charge < -0.3 is 16.0 Å². The average molecular weight is 987 g/mol. The highest BCUT2D eigenvalue weighted by molar-refractivity contribution is 6.31. The molecule has 370 valence electrons. The van der Waals surface area contributed by atoms with Crippen molar-refractivity contribution < 1.29 is 28.0 Å². The van der Waals surface area contributed by atoms with Gasteiger partial charge in [-0.15, -0.1) is 5.10 Å². The number of nitrogens with one attached hydrogen (secondary N) is 4. The van der Waals surface area contributed by atoms with E-state index in [2.05, 4.69) is 41.6 Å². The van der Waals surface area contributed by atoms with E-state index in [-0.39, 0.29) is 42.1 Å². The summed E-state index contributed by atoms with van der Waals surface area (Å²) in [5.41, 5.74) is 6.58. The Morgan fingerprint density at radius 3 is 2.38 bits per heavy atom. The van der Waals surface area contributed by atoms with Gasteiger partial charge in [-0.2, -0.15) is 0 Å². The second-order valence-corrected chi connectivity index (χ2v) is 18.0. The fraction of sp³-hybridized carbons (Fsp3) is 0.340. The molecule has 0 radical (unpaired) electrons. The summed E-state index contributed by atoms with van der Waals surface area (Å²) in [7, 11) is 1.90. The molecule has 1 aliphatic rings. The highest BCUT2D eigenvalue weighted by atomic mass is 35.5. The molecule has 0 fully saturated rings. The normalized spacial score (nSPS) is 12.3. The zero-order valence-corrected chi connectivity index (χ0v) is 40.7. The lowest BCUT2D eigenvalue weighted by molar-refractivity contribution is -0.125. The van der Waals surface area contributed by atoms with E-state index in [0.29, 0.717) is 76.9 Å². The smallest absolute Gasteiger partial charge is 0.227 e. The van der Waals surface area contributed by atoms with Crippen LogP contribution in [0, 0.1) is 11.6 Å². The second kappa shape index (κ2) is 25.7. The minimum atomic E-state index is -0.717. The Kier molecular flexibility index (Phi) is 18.7. The zero-order chi connectivity index (χ0) is 50.1. The third-order valence-electron chi connectivity index (χ3n) is 12.5. The minimum absolute atomic E-state index is 0.00212. The number of hydrogen-bond donors (Lipinski definition) is 4. The van der Waals surface area contributed by atoms with E-state index in [1.807, 2.05) is 60.1 Å². The van der Waals surface area contributed by atoms with Gasteiger partial charge in [0.25, 0.3) is 0 Å². The lowest BCUT2D eigenvalue weighted by Gasteiger charge is -2.26. The van der Waals surface area contributed by atoms with Gasteiger partial charge in [-0.25, -0.2) is 18.7 Å². The van der Waals surface area contributed by atoms with Crippen molar-refractivity contribution in [3.8, 4) is 22.5 Å². The van der Waals surface area contributed by atoms with E-state index in [1.54, 1.807) is 36.5 Å². The van der Waals surface area contributed by atoms with Crippen LogP contribution in [0.1, 0.15) is 104 Å². The molecule has 1 unspecified atom stereocenters. The Labute approximate surface area is 416 Å². The molecule has 4 aromatic carbocycles. The van der Waals surface area contributed by atoms with Crippen LogP contribution in [0.2, 0.25) is 5.02 Å². The molecule has 18 heteroatoms. The number of fused-ring (bicyclic) bond motifs is 3. The summed E-state index contributed by atoms with van der Waals surface area (Å²) in [6.07, 6.45) is 13.1. The van der Waals surface area contributed by atoms with Gasteiger partial charge in [0, 0.05) is 87.9 Å². The van der Waals surface area contributed by atoms with Crippen molar-refractivity contribution in [3.05, 3.63) is 136 Å². The van der Waals surface area contributed by atoms with Gasteiger partial charge in [-0.05, 0) is 82.2 Å². The maximum absolute atomic E-state index is 15.0. The molecule has 0 aliphatic carbocycles. The summed E-state index contributed by atoms with van der Waals surface area (Å²) in [5, 5.41) is 21.0. The molecule has 2 aromatic heterocycles. The summed E-state index contributed by atoms with van der Waals surface area (Å²) in [4.78, 5) is 63.0. The molecule has 0 spiro atoms. The van der Waals surface area contributed by atoms with Crippen molar-refractivity contribution in [2.24, 2.45) is 4.99 Å². The van der Waals surface area contributed by atoms with Crippen LogP contribution >= 0.6 is 11.6 Å². The van der Waals surface area contributed by atoms with Gasteiger partial charge in [-0.3, -0.25) is 39.1 Å². The van der Waals surface area contributed by atoms with Gasteiger partial charge >= 0.3 is 0 Å². The maximum Gasteiger partial charge on any atom is 0.227 e. The largest absolute Gasteiger partial charge is 0.326 e. The lowest BCUT2D eigenvalue weighted by atomic mass is 9.95. The van der Waals surface area contributed by atoms with Crippen LogP contribution in [-0.4, -0.2) is 86.3 Å². The van der Waals surface area contributed by atoms with Crippen molar-refractivity contribution >= 4 is 59.1 Å². The fourth-order valence-corrected chi connectivity index (χ4v) is 8.55. The molecular formula is C53H58ClF2N11O4. The Morgan fingerprint density at radius 2 is 1.62 bits per heavy atom. The predicted octanol–water partition coefficient (Wildman–Crippen LogP) is 9.46. The summed E-state index contributed by atoms with van der Waals surface area (Å²) in [6.45, 7) is 4.86. The average Bonchev–Trinajstić information content (AvgIpc) is 3.78. The molecule has 7 rings (SSSR count). The van der Waals surface area contributed by atoms with Crippen LogP contribution < -0.4 is 21.3 Å². The molecule has 71 heavy (non-hydrogen) atoms. The Hall–Kier alpha value is -7.08. The van der Waals surface area contributed by atoms with Gasteiger partial charge in [0.2, 0.25) is 24.2 Å². The van der Waals surface area contributed by atoms with Crippen LogP contribution in [0.15, 0.2) is 96.2 Å². The Balaban J connectivity index is 0.776. The first-order valence-electron chi connectivity index (χ1n) is 23.9. The van der Waals surface area contributed by atoms with E-state index in [1.165, 1.54) is 18.2 Å². The van der Waals surface area contributed by atoms with Gasteiger partial charge in [0.1, 0.15) is 23.6 Å². The number of nitrogens with zero attached hydrogens (tertiary/aromatic N) is 7. The van der Waals surface area contributed by atoms with Gasteiger partial charge in [0.05, 0.1) is 36.3 Å². The predicted molar refractivity (Wildman–Crippen MR) is 272 cm³/mol. The molecule has 0 saturated heterocycles. The standard InChI is InChI=1S/C53H58ClF2N11O4/c1-35(17-24-48(70)60-34-69)66(2)31-43-37(33-68)12-10-15-46(43)62-49(71)16-8-6-4-3-5-7-9-25-57-26-27-67-32-47(64-65-67)36-18-21-40(22-19-36)61-53-59-30-38-29-58-52(50-44(55)13-11-14-45(50)56)42-28-39(54)20-23-41(42)51(38)63-53/h10-15,18-23,28,30,32-35,57H,3-9,16-17,24-27,29,31H2,1-2H3,(H,62,71)(H,59,61,63)(H,60,69,70). The number of imide groups is 1. The van der Waals surface area contributed by atoms with Crippen molar-refractivity contribution in [3.63, 3.8) is 0 Å². The summed E-state index contributed by atoms with van der Waals surface area (Å²) >= 11 is 6.37. The summed E-state index contributed by atoms with van der Waals surface area (Å²) in [6, 6.07) is 21.9. The van der Waals surface area contributed by atoms with Crippen molar-refractivity contribution in [2.45, 2.75) is 96.8 Å². The number of hydrogen-bond acceptors (Lipinski definition) is 12. The van der Waals surface area contributed by atoms with Crippen molar-refractivity contribution in [1.29, 1.82) is 0 Å². The number of halogens is 3. The molecule has 15 nitrogen and oxygen atoms in total. The van der Waals surface area contributed by atoms with Crippen LogP contribution in [-0.2, 0) is 34.0 Å². The first kappa shape index (κ1) is 51.8. The highest BCUT2D eigenvalue weighted by Crippen LogP contribution is 2.35. The molecule has 0 saturated carbocycles. The molecule has 1 atom stereocenters. The van der Waals surface area contributed by atoms with Gasteiger partial charge in [0.15, 0.2) is 0 Å². The van der Waals surface area contributed by atoms with Crippen LogP contribution in [0.25, 0.3) is 22.5 Å². The lowest BCUT2D eigenvalue weighted by Crippen LogP contribution is -2.31. The van der Waals surface area contributed by atoms with Crippen LogP contribution in [0.3, 0.4) is 0 Å². The fourth-order valence-electron chi connectivity index (χ4n) is 8.38. The maximum atomic E-state index is 15.0. The number of aldehydes is 1. The number of rotatable bonds is 26. The molecule has 3 amide bonds. The van der Waals surface area contributed by atoms with E-state index in [4.69, 9.17) is 16.6 Å². The number of unbranched alkanes of at least 4 members (excludes halogenated alkanes) is 6. The number of anilines is 3. The Morgan fingerprint density at radius 1 is 0.873 bits per heavy atom. The van der Waals surface area contributed by atoms with E-state index in [9.17, 15) is 28.0 Å². The quantitative estimate of drug-likeness (QED) is 0.0299. The van der Waals surface area contributed by atoms with E-state index >= 15 is 0 Å². The third kappa shape index (κ3) is 14.3. The van der Waals surface area contributed by atoms with E-state index < -0.39 is 11.6 Å². The van der Waals surface area contributed by atoms with Crippen molar-refractivity contribution in [1.82, 2.24) is 40.5 Å². The minimum Gasteiger partial charge on any atom is -0.326 e. The number of amides is 3. The SMILES string of the molecule is CC(CCC(=O)NC=O)N(C)Cc1c(C=O)cccc1NC(=O)CCCCCCCCCNCCn1cc(-c2ccc(Nc3ncc4c(n3)-c3ccc(Cl)cc3C(c3c(F)cccc3F)=NC4)cc2)nn1. The zero-order valence-electron chi connectivity index (χ0n) is 39.9. The molecule has 6 aromatic rings. The number of benzene rings is 4. The van der Waals surface area contributed by atoms with Crippen LogP contribution in [0.5, 0.6) is 0 Å². The monoisotopic (exact) mass is 985 g/mol. The molecule has 4 N–H and O–H groups in total. The summed E-state index contributed by atoms with van der Waals surface area (Å²) < 4.78 is 31.8. The highest BCUT2D eigenvalue weighted by Gasteiger charge is 2.26. The third-order valence-corrected chi connectivity index (χ3v) is 12.7. The topological polar surface area (TPSA) is 188 Å². The molecular weight excluding hydrogens is 928 g/mol. The van der Waals surface area contributed by atoms with E-state index in [0.717, 1.165) is 86.8 Å². The van der Waals surface area contributed by atoms with Gasteiger partial charge in [-0.1, -0.05) is 85.3 Å². The molecule has 1 aliphatic heterocycles. The number of carbonyl (C=O) groups is 4.